The second kappa shape index (κ2) is 53.4. The minimum absolute atomic E-state index is 0.0419. The SMILES string of the molecule is C=CCCCCOC(CO)COCCCCCCCCCCCCCCCC.C=CCCCCOC(COCCCCCCCCCCCCCCCC)COP(=O)(Cl)Cl. The Morgan fingerprint density at radius 3 is 1.07 bits per heavy atom. The molecular weight excluding hydrogens is 814 g/mol. The molecule has 0 heterocycles. The van der Waals surface area contributed by atoms with Crippen LogP contribution in [0.15, 0.2) is 25.3 Å². The number of aliphatic hydroxyl groups excluding tert-OH is 1. The van der Waals surface area contributed by atoms with Gasteiger partial charge >= 0.3 is 6.07 Å². The Hall–Kier alpha value is 0.0500. The first-order valence-electron chi connectivity index (χ1n) is 25.2. The van der Waals surface area contributed by atoms with E-state index >= 15 is 0 Å². The maximum absolute atomic E-state index is 11.4. The van der Waals surface area contributed by atoms with Crippen molar-refractivity contribution in [2.75, 3.05) is 52.9 Å². The van der Waals surface area contributed by atoms with E-state index in [1.807, 2.05) is 12.2 Å². The normalized spacial score (nSPS) is 12.6. The molecule has 0 aliphatic heterocycles. The minimum Gasteiger partial charge on any atom is -0.394 e. The number of halogens is 2. The Balaban J connectivity index is 0. The fourth-order valence-corrected chi connectivity index (χ4v) is 7.65. The number of hydrogen-bond donors (Lipinski definition) is 1. The Bertz CT molecular complexity index is 878. The third-order valence-corrected chi connectivity index (χ3v) is 11.9. The molecule has 10 heteroatoms. The molecule has 0 aromatic rings. The van der Waals surface area contributed by atoms with Crippen molar-refractivity contribution in [1.29, 1.82) is 0 Å². The van der Waals surface area contributed by atoms with Gasteiger partial charge in [-0.3, -0.25) is 4.57 Å². The lowest BCUT2D eigenvalue weighted by Gasteiger charge is -2.18. The maximum atomic E-state index is 11.4. The molecule has 60 heavy (non-hydrogen) atoms. The molecule has 360 valence electrons. The van der Waals surface area contributed by atoms with Gasteiger partial charge < -0.3 is 28.6 Å². The van der Waals surface area contributed by atoms with Crippen molar-refractivity contribution in [2.24, 2.45) is 0 Å². The van der Waals surface area contributed by atoms with E-state index < -0.39 is 6.07 Å². The van der Waals surface area contributed by atoms with Gasteiger partial charge in [-0.25, -0.2) is 0 Å². The molecule has 0 radical (unpaired) electrons. The molecule has 0 rings (SSSR count). The molecule has 0 bridgehead atoms. The molecule has 1 N–H and O–H groups in total. The molecule has 2 atom stereocenters. The molecular formula is C50H99Cl2O7P. The van der Waals surface area contributed by atoms with Crippen molar-refractivity contribution >= 4 is 28.6 Å². The Kier molecular flexibility index (Phi) is 55.3. The molecule has 0 aromatic carbocycles. The summed E-state index contributed by atoms with van der Waals surface area (Å²) in [6.45, 7) is 15.8. The smallest absolute Gasteiger partial charge is 0.380 e. The fourth-order valence-electron chi connectivity index (χ4n) is 6.98. The van der Waals surface area contributed by atoms with Crippen molar-refractivity contribution < 1.29 is 33.1 Å². The summed E-state index contributed by atoms with van der Waals surface area (Å²) in [5, 5.41) is 9.33. The number of allylic oxidation sites excluding steroid dienone is 2. The number of hydrogen-bond acceptors (Lipinski definition) is 7. The first kappa shape index (κ1) is 62.1. The highest BCUT2D eigenvalue weighted by Crippen LogP contribution is 2.57. The van der Waals surface area contributed by atoms with Gasteiger partial charge in [-0.05, 0) is 73.8 Å². The summed E-state index contributed by atoms with van der Waals surface area (Å²) >= 11 is 10.9. The Morgan fingerprint density at radius 2 is 0.750 bits per heavy atom. The third-order valence-electron chi connectivity index (χ3n) is 10.8. The van der Waals surface area contributed by atoms with Gasteiger partial charge in [0.05, 0.1) is 26.4 Å². The van der Waals surface area contributed by atoms with Crippen molar-refractivity contribution in [1.82, 2.24) is 0 Å². The summed E-state index contributed by atoms with van der Waals surface area (Å²) in [5.41, 5.74) is 0. The molecule has 0 aromatic heterocycles. The average molecular weight is 914 g/mol. The zero-order valence-corrected chi connectivity index (χ0v) is 41.9. The van der Waals surface area contributed by atoms with Crippen LogP contribution >= 0.6 is 28.6 Å². The van der Waals surface area contributed by atoms with E-state index in [2.05, 4.69) is 27.0 Å². The highest BCUT2D eigenvalue weighted by atomic mass is 35.9. The second-order valence-corrected chi connectivity index (χ2v) is 21.1. The van der Waals surface area contributed by atoms with E-state index in [-0.39, 0.29) is 25.4 Å². The van der Waals surface area contributed by atoms with Crippen LogP contribution in [0.1, 0.15) is 232 Å². The highest BCUT2D eigenvalue weighted by molar-refractivity contribution is 8.05. The van der Waals surface area contributed by atoms with Gasteiger partial charge in [-0.2, -0.15) is 0 Å². The van der Waals surface area contributed by atoms with Gasteiger partial charge in [0.1, 0.15) is 12.2 Å². The van der Waals surface area contributed by atoms with Crippen molar-refractivity contribution in [3.8, 4) is 0 Å². The summed E-state index contributed by atoms with van der Waals surface area (Å²) in [6, 6.07) is 0. The summed E-state index contributed by atoms with van der Waals surface area (Å²) in [5.74, 6) is 0. The first-order valence-corrected chi connectivity index (χ1v) is 28.6. The van der Waals surface area contributed by atoms with Crippen molar-refractivity contribution in [3.63, 3.8) is 0 Å². The van der Waals surface area contributed by atoms with E-state index in [9.17, 15) is 9.67 Å². The van der Waals surface area contributed by atoms with Crippen LogP contribution in [0.5, 0.6) is 0 Å². The molecule has 2 unspecified atom stereocenters. The topological polar surface area (TPSA) is 83.5 Å². The molecule has 0 aliphatic carbocycles. The van der Waals surface area contributed by atoms with Gasteiger partial charge in [-0.15, -0.1) is 13.2 Å². The minimum atomic E-state index is -3.55. The number of rotatable bonds is 50. The van der Waals surface area contributed by atoms with E-state index in [4.69, 9.17) is 46.0 Å². The highest BCUT2D eigenvalue weighted by Gasteiger charge is 2.19. The number of unbranched alkanes of at least 4 members (excludes halogenated alkanes) is 30. The predicted molar refractivity (Wildman–Crippen MR) is 262 cm³/mol. The van der Waals surface area contributed by atoms with Gasteiger partial charge in [0.25, 0.3) is 0 Å². The molecule has 0 saturated heterocycles. The Labute approximate surface area is 382 Å². The van der Waals surface area contributed by atoms with Gasteiger partial charge in [0.2, 0.25) is 0 Å². The molecule has 0 fully saturated rings. The van der Waals surface area contributed by atoms with Crippen LogP contribution in [-0.4, -0.2) is 70.2 Å². The predicted octanol–water partition coefficient (Wildman–Crippen LogP) is 17.0. The monoisotopic (exact) mass is 913 g/mol. The van der Waals surface area contributed by atoms with Crippen LogP contribution in [0.3, 0.4) is 0 Å². The first-order chi connectivity index (χ1) is 29.3. The van der Waals surface area contributed by atoms with E-state index in [0.29, 0.717) is 33.0 Å². The summed E-state index contributed by atoms with van der Waals surface area (Å²) in [4.78, 5) is 0. The van der Waals surface area contributed by atoms with Crippen LogP contribution in [0.2, 0.25) is 0 Å². The molecule has 0 spiro atoms. The van der Waals surface area contributed by atoms with Crippen molar-refractivity contribution in [3.05, 3.63) is 25.3 Å². The van der Waals surface area contributed by atoms with Gasteiger partial charge in [-0.1, -0.05) is 193 Å². The summed E-state index contributed by atoms with van der Waals surface area (Å²) in [6.07, 6.45) is 43.9. The van der Waals surface area contributed by atoms with Crippen LogP contribution < -0.4 is 0 Å². The average Bonchev–Trinajstić information content (AvgIpc) is 3.23. The zero-order chi connectivity index (χ0) is 44.3. The molecule has 0 saturated carbocycles. The quantitative estimate of drug-likeness (QED) is 0.0370. The van der Waals surface area contributed by atoms with Crippen LogP contribution in [0.25, 0.3) is 0 Å². The van der Waals surface area contributed by atoms with E-state index in [1.54, 1.807) is 0 Å². The molecule has 0 aliphatic rings. The van der Waals surface area contributed by atoms with Crippen LogP contribution in [0.4, 0.5) is 0 Å². The standard InChI is InChI=1S/C25H49Cl2O4P.C25H50O3/c1-3-5-7-9-10-11-12-13-14-15-16-17-18-19-21-29-23-25(24-31-32(26,27)28)30-22-20-8-6-4-2;1-3-5-7-9-10-11-12-13-14-15-16-17-18-19-21-27-24-25(23-26)28-22-20-8-6-4-2/h4,25H,2-3,5-24H2,1H3;4,25-26H,2-3,5-24H2,1H3. The summed E-state index contributed by atoms with van der Waals surface area (Å²) < 4.78 is 39.2. The van der Waals surface area contributed by atoms with E-state index in [0.717, 1.165) is 58.0 Å². The summed E-state index contributed by atoms with van der Waals surface area (Å²) in [7, 11) is 0. The van der Waals surface area contributed by atoms with Crippen molar-refractivity contribution in [2.45, 2.75) is 244 Å². The van der Waals surface area contributed by atoms with Gasteiger partial charge in [0.15, 0.2) is 0 Å². The fraction of sp³-hybridized carbons (Fsp3) is 0.920. The largest absolute Gasteiger partial charge is 0.394 e. The second-order valence-electron chi connectivity index (χ2n) is 16.8. The lowest BCUT2D eigenvalue weighted by Crippen LogP contribution is -2.25. The zero-order valence-electron chi connectivity index (χ0n) is 39.5. The third kappa shape index (κ3) is 56.1. The number of aliphatic hydroxyl groups is 1. The maximum Gasteiger partial charge on any atom is 0.380 e. The van der Waals surface area contributed by atoms with E-state index in [1.165, 1.54) is 167 Å². The Morgan fingerprint density at radius 1 is 0.450 bits per heavy atom. The molecule has 7 nitrogen and oxygen atoms in total. The number of ether oxygens (including phenoxy) is 4. The van der Waals surface area contributed by atoms with Crippen LogP contribution in [0, 0.1) is 0 Å². The molecule has 0 amide bonds. The lowest BCUT2D eigenvalue weighted by molar-refractivity contribution is -0.0436. The lowest BCUT2D eigenvalue weighted by atomic mass is 10.0. The van der Waals surface area contributed by atoms with Gasteiger partial charge in [0, 0.05) is 26.4 Å². The van der Waals surface area contributed by atoms with Crippen LogP contribution in [-0.2, 0) is 28.0 Å².